The number of hydrogen-bond donors (Lipinski definition) is 2. The quantitative estimate of drug-likeness (QED) is 0.372. The summed E-state index contributed by atoms with van der Waals surface area (Å²) in [7, 11) is 2.15. The summed E-state index contributed by atoms with van der Waals surface area (Å²) in [5.74, 6) is 0.628. The second-order valence-electron chi connectivity index (χ2n) is 7.69. The topological polar surface area (TPSA) is 82.1 Å². The van der Waals surface area contributed by atoms with Crippen LogP contribution >= 0.6 is 0 Å². The van der Waals surface area contributed by atoms with E-state index in [0.717, 1.165) is 46.4 Å². The van der Waals surface area contributed by atoms with Crippen LogP contribution in [0.2, 0.25) is 0 Å². The number of allylic oxidation sites excluding steroid dienone is 3. The van der Waals surface area contributed by atoms with Crippen molar-refractivity contribution in [1.82, 2.24) is 20.1 Å². The molecule has 5 rings (SSSR count). The number of carbonyl (C=O) groups is 1. The molecule has 1 aromatic heterocycles. The average molecular weight is 480 g/mol. The molecule has 0 bridgehead atoms. The summed E-state index contributed by atoms with van der Waals surface area (Å²) in [6, 6.07) is 3.83. The summed E-state index contributed by atoms with van der Waals surface area (Å²) in [6.45, 7) is 5.60. The predicted molar refractivity (Wildman–Crippen MR) is 112 cm³/mol. The number of aromatic nitrogens is 1. The van der Waals surface area contributed by atoms with E-state index < -0.39 is 28.7 Å². The van der Waals surface area contributed by atoms with E-state index in [-0.39, 0.29) is 5.91 Å². The van der Waals surface area contributed by atoms with E-state index in [0.29, 0.717) is 29.4 Å². The molecule has 5 heterocycles. The Labute approximate surface area is 190 Å². The van der Waals surface area contributed by atoms with Crippen molar-refractivity contribution in [2.75, 3.05) is 51.7 Å². The van der Waals surface area contributed by atoms with Gasteiger partial charge in [0, 0.05) is 0 Å². The van der Waals surface area contributed by atoms with E-state index in [1.165, 1.54) is 0 Å². The van der Waals surface area contributed by atoms with Crippen LogP contribution in [0, 0.1) is 0 Å². The molecule has 0 aliphatic carbocycles. The number of pyridine rings is 1. The molecule has 0 unspecified atom stereocenters. The van der Waals surface area contributed by atoms with E-state index in [1.54, 1.807) is 6.20 Å². The van der Waals surface area contributed by atoms with Crippen molar-refractivity contribution in [2.45, 2.75) is 0 Å². The molecule has 30 heavy (non-hydrogen) atoms. The number of anilines is 1. The van der Waals surface area contributed by atoms with Crippen LogP contribution in [0.15, 0.2) is 55.0 Å². The molecule has 0 spiro atoms. The third-order valence-corrected chi connectivity index (χ3v) is 8.67. The van der Waals surface area contributed by atoms with Crippen LogP contribution in [0.25, 0.3) is 0 Å². The molecule has 1 amide bonds. The molecule has 0 radical (unpaired) electrons. The summed E-state index contributed by atoms with van der Waals surface area (Å²) in [6.07, 6.45) is 5.80. The van der Waals surface area contributed by atoms with Crippen LogP contribution in [0.4, 0.5) is 5.82 Å². The number of amides is 1. The van der Waals surface area contributed by atoms with Crippen LogP contribution in [-0.4, -0.2) is 75.6 Å². The van der Waals surface area contributed by atoms with Gasteiger partial charge in [-0.2, -0.15) is 0 Å². The Kier molecular flexibility index (Phi) is 5.73. The van der Waals surface area contributed by atoms with E-state index in [4.69, 9.17) is 4.84 Å². The van der Waals surface area contributed by atoms with E-state index >= 15 is 0 Å². The maximum absolute atomic E-state index is 12.8. The average Bonchev–Trinajstić information content (AvgIpc) is 3.28. The van der Waals surface area contributed by atoms with Crippen molar-refractivity contribution in [3.63, 3.8) is 0 Å². The molecule has 1 saturated heterocycles. The van der Waals surface area contributed by atoms with Gasteiger partial charge in [-0.15, -0.1) is 0 Å². The van der Waals surface area contributed by atoms with E-state index in [1.807, 2.05) is 18.2 Å². The van der Waals surface area contributed by atoms with Crippen LogP contribution in [-0.2, 0) is 38.3 Å². The number of carbonyl (C=O) groups excluding carboxylic acids is 1. The molecule has 1 aromatic rings. The number of piperazine rings is 1. The number of hydrogen-bond acceptors (Lipinski definition) is 7. The Balaban J connectivity index is 1.40. The third-order valence-electron chi connectivity index (χ3n) is 5.72. The van der Waals surface area contributed by atoms with Gasteiger partial charge in [0.15, 0.2) is 0 Å². The Morgan fingerprint density at radius 2 is 2.13 bits per heavy atom. The molecule has 1 fully saturated rings. The fraction of sp³-hybridized carbons (Fsp3) is 0.333. The van der Waals surface area contributed by atoms with Crippen LogP contribution in [0.3, 0.4) is 0 Å². The van der Waals surface area contributed by atoms with E-state index in [9.17, 15) is 4.79 Å². The molecule has 0 atom stereocenters. The zero-order valence-electron chi connectivity index (χ0n) is 16.9. The van der Waals surface area contributed by atoms with Crippen molar-refractivity contribution in [1.29, 1.82) is 0 Å². The third kappa shape index (κ3) is 3.85. The molecular weight excluding hydrogens is 457 g/mol. The van der Waals surface area contributed by atoms with Gasteiger partial charge in [0.05, 0.1) is 0 Å². The monoisotopic (exact) mass is 480 g/mol. The van der Waals surface area contributed by atoms with Gasteiger partial charge in [-0.05, 0) is 7.05 Å². The molecule has 0 aromatic carbocycles. The molecule has 4 aliphatic rings. The minimum atomic E-state index is -1.07. The van der Waals surface area contributed by atoms with Crippen molar-refractivity contribution < 1.29 is 38.3 Å². The van der Waals surface area contributed by atoms with Gasteiger partial charge in [-0.3, -0.25) is 0 Å². The van der Waals surface area contributed by atoms with Crippen LogP contribution < -0.4 is 10.6 Å². The SMILES string of the molecule is CN1CCN(CCO/N=C2/C(=C3/C(=O)N[C]4=C3C=C[CH]=[Y]4)Nc3ncccc32)CC1. The Hall–Kier alpha value is -2.00. The van der Waals surface area contributed by atoms with Crippen LogP contribution in [0.5, 0.6) is 0 Å². The van der Waals surface area contributed by atoms with Gasteiger partial charge in [0.1, 0.15) is 0 Å². The normalized spacial score (nSPS) is 24.6. The first-order chi connectivity index (χ1) is 14.7. The van der Waals surface area contributed by atoms with Crippen molar-refractivity contribution in [3.05, 3.63) is 55.4 Å². The second kappa shape index (κ2) is 8.63. The van der Waals surface area contributed by atoms with Crippen molar-refractivity contribution in [3.8, 4) is 0 Å². The molecule has 8 nitrogen and oxygen atoms in total. The molecule has 4 aliphatic heterocycles. The molecular formula is C21H23N6O2Y. The molecule has 9 heteroatoms. The second-order valence-corrected chi connectivity index (χ2v) is 10.9. The van der Waals surface area contributed by atoms with E-state index in [2.05, 4.69) is 46.5 Å². The zero-order chi connectivity index (χ0) is 20.5. The number of likely N-dealkylation sites (N-methyl/N-ethyl adjacent to an activating group) is 1. The Morgan fingerprint density at radius 3 is 3.00 bits per heavy atom. The fourth-order valence-electron chi connectivity index (χ4n) is 4.00. The Bertz CT molecular complexity index is 1030. The maximum atomic E-state index is 12.8. The number of rotatable bonds is 4. The zero-order valence-corrected chi connectivity index (χ0v) is 19.7. The summed E-state index contributed by atoms with van der Waals surface area (Å²) in [5.41, 5.74) is 3.81. The number of nitrogens with one attached hydrogen (secondary N) is 2. The molecule has 152 valence electrons. The van der Waals surface area contributed by atoms with Gasteiger partial charge in [-0.1, -0.05) is 0 Å². The number of fused-ring (bicyclic) bond motifs is 1. The number of nitrogens with zero attached hydrogens (tertiary/aromatic N) is 4. The van der Waals surface area contributed by atoms with Gasteiger partial charge in [0.2, 0.25) is 0 Å². The Morgan fingerprint density at radius 1 is 1.27 bits per heavy atom. The first-order valence-corrected chi connectivity index (χ1v) is 13.2. The van der Waals surface area contributed by atoms with Gasteiger partial charge in [-0.25, -0.2) is 0 Å². The van der Waals surface area contributed by atoms with Gasteiger partial charge < -0.3 is 4.90 Å². The summed E-state index contributed by atoms with van der Waals surface area (Å²) < 4.78 is 3.33. The summed E-state index contributed by atoms with van der Waals surface area (Å²) in [5, 5.41) is 10.8. The summed E-state index contributed by atoms with van der Waals surface area (Å²) >= 11 is -1.07. The standard InChI is InChI=1S/C21H23N6O2.Y/c1-3-5-15-14-23-21(28)17(15)19-18(16-6-4-7-22-20(16)24-19)25-29-13-12-27-10-8-26(2)9-11-27;/h1,3-7H,8-13H2,2H3,(H,22,24)(H,23,28);/b5-3?,19-17-,25-18+;. The first kappa shape index (κ1) is 19.9. The fourth-order valence-corrected chi connectivity index (χ4v) is 6.58. The minimum absolute atomic E-state index is 0.0771. The number of oxime groups is 1. The first-order valence-electron chi connectivity index (χ1n) is 10.2. The van der Waals surface area contributed by atoms with Crippen LogP contribution in [0.1, 0.15) is 5.56 Å². The van der Waals surface area contributed by atoms with Crippen molar-refractivity contribution >= 4 is 20.2 Å². The summed E-state index contributed by atoms with van der Waals surface area (Å²) in [4.78, 5) is 27.7. The van der Waals surface area contributed by atoms with Gasteiger partial charge >= 0.3 is 179 Å². The van der Waals surface area contributed by atoms with Crippen molar-refractivity contribution in [2.24, 2.45) is 5.16 Å². The molecule has 0 saturated carbocycles. The predicted octanol–water partition coefficient (Wildman–Crippen LogP) is 0.525. The van der Waals surface area contributed by atoms with Gasteiger partial charge in [0.25, 0.3) is 0 Å². The molecule has 2 N–H and O–H groups in total.